The molecule has 0 aliphatic heterocycles. The van der Waals surface area contributed by atoms with Gasteiger partial charge in [-0.2, -0.15) is 0 Å². The van der Waals surface area contributed by atoms with E-state index in [0.717, 1.165) is 45.6 Å². The summed E-state index contributed by atoms with van der Waals surface area (Å²) in [5, 5.41) is 4.01. The van der Waals surface area contributed by atoms with Crippen molar-refractivity contribution in [3.05, 3.63) is 40.2 Å². The van der Waals surface area contributed by atoms with Gasteiger partial charge in [-0.1, -0.05) is 23.7 Å². The molecule has 0 radical (unpaired) electrons. The van der Waals surface area contributed by atoms with E-state index in [-0.39, 0.29) is 0 Å². The Morgan fingerprint density at radius 3 is 2.42 bits per heavy atom. The van der Waals surface area contributed by atoms with Gasteiger partial charge in [-0.05, 0) is 39.3 Å². The summed E-state index contributed by atoms with van der Waals surface area (Å²) in [5.74, 6) is 0.811. The quantitative estimate of drug-likeness (QED) is 0.914. The van der Waals surface area contributed by atoms with Gasteiger partial charge in [0.25, 0.3) is 0 Å². The molecular weight excluding hydrogens is 258 g/mol. The van der Waals surface area contributed by atoms with Crippen LogP contribution in [0.1, 0.15) is 23.9 Å². The van der Waals surface area contributed by atoms with Gasteiger partial charge in [-0.25, -0.2) is 9.97 Å². The van der Waals surface area contributed by atoms with Crippen molar-refractivity contribution in [3.8, 4) is 11.3 Å². The summed E-state index contributed by atoms with van der Waals surface area (Å²) in [4.78, 5) is 9.22. The number of aryl methyl sites for hydroxylation is 3. The molecule has 1 N–H and O–H groups in total. The van der Waals surface area contributed by atoms with E-state index in [9.17, 15) is 0 Å². The highest BCUT2D eigenvalue weighted by molar-refractivity contribution is 6.31. The SMILES string of the molecule is CCNc1nc(C)c(C)nc1-c1ccc(C)c(Cl)c1. The van der Waals surface area contributed by atoms with Crippen molar-refractivity contribution in [1.29, 1.82) is 0 Å². The second-order valence-corrected chi connectivity index (χ2v) is 4.99. The van der Waals surface area contributed by atoms with Crippen molar-refractivity contribution in [2.45, 2.75) is 27.7 Å². The number of aromatic nitrogens is 2. The summed E-state index contributed by atoms with van der Waals surface area (Å²) in [7, 11) is 0. The van der Waals surface area contributed by atoms with Crippen molar-refractivity contribution in [1.82, 2.24) is 9.97 Å². The molecule has 2 aromatic rings. The standard InChI is InChI=1S/C15H18ClN3/c1-5-17-15-14(18-10(3)11(4)19-15)12-7-6-9(2)13(16)8-12/h6-8H,5H2,1-4H3,(H,17,19). The second kappa shape index (κ2) is 5.57. The molecule has 3 nitrogen and oxygen atoms in total. The minimum absolute atomic E-state index is 0.750. The predicted octanol–water partition coefficient (Wildman–Crippen LogP) is 4.15. The molecule has 1 aromatic carbocycles. The van der Waals surface area contributed by atoms with E-state index in [1.54, 1.807) is 0 Å². The molecule has 1 aromatic heterocycles. The number of nitrogens with zero attached hydrogens (tertiary/aromatic N) is 2. The normalized spacial score (nSPS) is 10.6. The van der Waals surface area contributed by atoms with Crippen LogP contribution in [0.4, 0.5) is 5.82 Å². The number of nitrogens with one attached hydrogen (secondary N) is 1. The first-order valence-electron chi connectivity index (χ1n) is 6.38. The lowest BCUT2D eigenvalue weighted by molar-refractivity contribution is 1.03. The molecule has 1 heterocycles. The molecule has 4 heteroatoms. The first-order valence-corrected chi connectivity index (χ1v) is 6.76. The topological polar surface area (TPSA) is 37.8 Å². The largest absolute Gasteiger partial charge is 0.369 e. The zero-order valence-electron chi connectivity index (χ0n) is 11.7. The molecule has 0 fully saturated rings. The van der Waals surface area contributed by atoms with E-state index in [2.05, 4.69) is 15.3 Å². The maximum absolute atomic E-state index is 6.20. The van der Waals surface area contributed by atoms with Gasteiger partial charge in [-0.3, -0.25) is 0 Å². The second-order valence-electron chi connectivity index (χ2n) is 4.59. The average Bonchev–Trinajstić information content (AvgIpc) is 2.37. The Morgan fingerprint density at radius 1 is 1.11 bits per heavy atom. The minimum atomic E-state index is 0.750. The predicted molar refractivity (Wildman–Crippen MR) is 80.9 cm³/mol. The molecule has 0 aliphatic rings. The fraction of sp³-hybridized carbons (Fsp3) is 0.333. The highest BCUT2D eigenvalue weighted by Gasteiger charge is 2.11. The van der Waals surface area contributed by atoms with Crippen LogP contribution in [-0.4, -0.2) is 16.5 Å². The summed E-state index contributed by atoms with van der Waals surface area (Å²) in [6.07, 6.45) is 0. The number of anilines is 1. The smallest absolute Gasteiger partial charge is 0.152 e. The monoisotopic (exact) mass is 275 g/mol. The third kappa shape index (κ3) is 2.87. The Morgan fingerprint density at radius 2 is 1.79 bits per heavy atom. The van der Waals surface area contributed by atoms with Crippen LogP contribution in [0, 0.1) is 20.8 Å². The van der Waals surface area contributed by atoms with Crippen molar-refractivity contribution in [2.75, 3.05) is 11.9 Å². The van der Waals surface area contributed by atoms with E-state index in [4.69, 9.17) is 11.6 Å². The third-order valence-corrected chi connectivity index (χ3v) is 3.50. The summed E-state index contributed by atoms with van der Waals surface area (Å²) in [5.41, 5.74) is 4.78. The third-order valence-electron chi connectivity index (χ3n) is 3.10. The van der Waals surface area contributed by atoms with Crippen LogP contribution in [0.2, 0.25) is 5.02 Å². The molecule has 0 atom stereocenters. The number of halogens is 1. The van der Waals surface area contributed by atoms with Crippen molar-refractivity contribution >= 4 is 17.4 Å². The van der Waals surface area contributed by atoms with Gasteiger partial charge in [0.2, 0.25) is 0 Å². The molecule has 0 unspecified atom stereocenters. The molecule has 0 aliphatic carbocycles. The van der Waals surface area contributed by atoms with Crippen LogP contribution >= 0.6 is 11.6 Å². The van der Waals surface area contributed by atoms with Gasteiger partial charge in [0, 0.05) is 17.1 Å². The van der Waals surface area contributed by atoms with Crippen LogP contribution < -0.4 is 5.32 Å². The molecule has 0 spiro atoms. The van der Waals surface area contributed by atoms with Crippen molar-refractivity contribution < 1.29 is 0 Å². The zero-order valence-corrected chi connectivity index (χ0v) is 12.5. The van der Waals surface area contributed by atoms with E-state index < -0.39 is 0 Å². The Balaban J connectivity index is 2.59. The van der Waals surface area contributed by atoms with Gasteiger partial charge in [0.15, 0.2) is 5.82 Å². The number of rotatable bonds is 3. The van der Waals surface area contributed by atoms with Crippen LogP contribution in [-0.2, 0) is 0 Å². The lowest BCUT2D eigenvalue weighted by Gasteiger charge is -2.12. The Labute approximate surface area is 119 Å². The molecule has 0 amide bonds. The van der Waals surface area contributed by atoms with E-state index in [0.29, 0.717) is 0 Å². The Kier molecular flexibility index (Phi) is 4.05. The summed E-state index contributed by atoms with van der Waals surface area (Å²) in [6.45, 7) is 8.78. The van der Waals surface area contributed by atoms with Crippen LogP contribution in [0.5, 0.6) is 0 Å². The highest BCUT2D eigenvalue weighted by Crippen LogP contribution is 2.29. The van der Waals surface area contributed by atoms with Crippen molar-refractivity contribution in [2.24, 2.45) is 0 Å². The van der Waals surface area contributed by atoms with Gasteiger partial charge < -0.3 is 5.32 Å². The summed E-state index contributed by atoms with van der Waals surface area (Å²) >= 11 is 6.20. The molecule has 0 bridgehead atoms. The van der Waals surface area contributed by atoms with Gasteiger partial charge in [0.1, 0.15) is 5.69 Å². The lowest BCUT2D eigenvalue weighted by atomic mass is 10.1. The zero-order chi connectivity index (χ0) is 14.0. The maximum atomic E-state index is 6.20. The molecule has 100 valence electrons. The summed E-state index contributed by atoms with van der Waals surface area (Å²) < 4.78 is 0. The van der Waals surface area contributed by atoms with Crippen molar-refractivity contribution in [3.63, 3.8) is 0 Å². The van der Waals surface area contributed by atoms with E-state index in [1.165, 1.54) is 0 Å². The average molecular weight is 276 g/mol. The molecule has 0 saturated heterocycles. The number of hydrogen-bond donors (Lipinski definition) is 1. The van der Waals surface area contributed by atoms with Gasteiger partial charge in [-0.15, -0.1) is 0 Å². The molecule has 0 saturated carbocycles. The Bertz CT molecular complexity index is 609. The van der Waals surface area contributed by atoms with Gasteiger partial charge in [0.05, 0.1) is 11.4 Å². The highest BCUT2D eigenvalue weighted by atomic mass is 35.5. The molecule has 19 heavy (non-hydrogen) atoms. The fourth-order valence-corrected chi connectivity index (χ4v) is 2.02. The van der Waals surface area contributed by atoms with Gasteiger partial charge >= 0.3 is 0 Å². The van der Waals surface area contributed by atoms with E-state index in [1.807, 2.05) is 45.9 Å². The lowest BCUT2D eigenvalue weighted by Crippen LogP contribution is -2.06. The van der Waals surface area contributed by atoms with Crippen LogP contribution in [0.15, 0.2) is 18.2 Å². The Hall–Kier alpha value is -1.61. The number of benzene rings is 1. The maximum Gasteiger partial charge on any atom is 0.152 e. The number of hydrogen-bond acceptors (Lipinski definition) is 3. The fourth-order valence-electron chi connectivity index (χ4n) is 1.84. The van der Waals surface area contributed by atoms with Crippen LogP contribution in [0.25, 0.3) is 11.3 Å². The summed E-state index contributed by atoms with van der Waals surface area (Å²) in [6, 6.07) is 5.97. The first kappa shape index (κ1) is 13.8. The first-order chi connectivity index (χ1) is 9.02. The van der Waals surface area contributed by atoms with E-state index >= 15 is 0 Å². The van der Waals surface area contributed by atoms with Crippen LogP contribution in [0.3, 0.4) is 0 Å². The molecular formula is C15H18ClN3. The minimum Gasteiger partial charge on any atom is -0.369 e. The molecule has 2 rings (SSSR count).